The molecular formula is C14H22O. The summed E-state index contributed by atoms with van der Waals surface area (Å²) >= 11 is 0. The van der Waals surface area contributed by atoms with Crippen LogP contribution in [-0.2, 0) is 4.74 Å². The third-order valence-electron chi connectivity index (χ3n) is 5.88. The molecule has 84 valence electrons. The van der Waals surface area contributed by atoms with Gasteiger partial charge < -0.3 is 4.74 Å². The molecule has 4 rings (SSSR count). The highest BCUT2D eigenvalue weighted by molar-refractivity contribution is 5.29. The first kappa shape index (κ1) is 9.89. The molecule has 3 atom stereocenters. The highest BCUT2D eigenvalue weighted by atomic mass is 16.5. The van der Waals surface area contributed by atoms with E-state index < -0.39 is 0 Å². The summed E-state index contributed by atoms with van der Waals surface area (Å²) in [5, 5.41) is 0. The number of hydrogen-bond donors (Lipinski definition) is 0. The fraction of sp³-hybridized carbons (Fsp3) is 0.857. The molecule has 15 heavy (non-hydrogen) atoms. The lowest BCUT2D eigenvalue weighted by Gasteiger charge is -2.33. The van der Waals surface area contributed by atoms with Crippen molar-refractivity contribution in [2.75, 3.05) is 13.2 Å². The summed E-state index contributed by atoms with van der Waals surface area (Å²) in [5.41, 5.74) is 2.24. The second-order valence-corrected chi connectivity index (χ2v) is 6.53. The van der Waals surface area contributed by atoms with E-state index >= 15 is 0 Å². The van der Waals surface area contributed by atoms with Crippen molar-refractivity contribution in [3.05, 3.63) is 12.2 Å². The van der Waals surface area contributed by atoms with Crippen LogP contribution in [0.4, 0.5) is 0 Å². The van der Waals surface area contributed by atoms with E-state index in [9.17, 15) is 0 Å². The molecule has 0 aromatic rings. The molecule has 0 saturated heterocycles. The van der Waals surface area contributed by atoms with Gasteiger partial charge in [0.2, 0.25) is 0 Å². The van der Waals surface area contributed by atoms with Crippen molar-refractivity contribution in [3.63, 3.8) is 0 Å². The van der Waals surface area contributed by atoms with E-state index in [0.29, 0.717) is 10.8 Å². The zero-order valence-corrected chi connectivity index (χ0v) is 10.2. The molecular weight excluding hydrogens is 184 g/mol. The van der Waals surface area contributed by atoms with E-state index in [1.54, 1.807) is 0 Å². The monoisotopic (exact) mass is 206 g/mol. The Labute approximate surface area is 92.9 Å². The Kier molecular flexibility index (Phi) is 1.77. The summed E-state index contributed by atoms with van der Waals surface area (Å²) < 4.78 is 5.84. The molecule has 4 fully saturated rings. The zero-order chi connectivity index (χ0) is 10.8. The Morgan fingerprint density at radius 2 is 1.93 bits per heavy atom. The van der Waals surface area contributed by atoms with Crippen molar-refractivity contribution < 1.29 is 4.74 Å². The summed E-state index contributed by atoms with van der Waals surface area (Å²) in [7, 11) is 0. The highest BCUT2D eigenvalue weighted by Gasteiger charge is 2.81. The lowest BCUT2D eigenvalue weighted by molar-refractivity contribution is 0.0172. The van der Waals surface area contributed by atoms with E-state index in [4.69, 9.17) is 4.74 Å². The van der Waals surface area contributed by atoms with Crippen LogP contribution in [-0.4, -0.2) is 13.2 Å². The topological polar surface area (TPSA) is 9.23 Å². The second kappa shape index (κ2) is 2.68. The Hall–Kier alpha value is -0.300. The van der Waals surface area contributed by atoms with Crippen LogP contribution >= 0.6 is 0 Å². The largest absolute Gasteiger partial charge is 0.377 e. The molecule has 0 spiro atoms. The van der Waals surface area contributed by atoms with E-state index in [1.807, 2.05) is 6.92 Å². The highest BCUT2D eigenvalue weighted by Crippen LogP contribution is 2.86. The van der Waals surface area contributed by atoms with Crippen molar-refractivity contribution in [1.29, 1.82) is 0 Å². The van der Waals surface area contributed by atoms with Crippen molar-refractivity contribution in [3.8, 4) is 0 Å². The first-order chi connectivity index (χ1) is 7.00. The molecule has 1 heteroatoms. The van der Waals surface area contributed by atoms with Crippen molar-refractivity contribution in [2.24, 2.45) is 28.6 Å². The maximum atomic E-state index is 5.84. The van der Waals surface area contributed by atoms with E-state index in [1.165, 1.54) is 12.8 Å². The van der Waals surface area contributed by atoms with Gasteiger partial charge in [-0.25, -0.2) is 0 Å². The summed E-state index contributed by atoms with van der Waals surface area (Å²) in [6.07, 6.45) is 2.96. The first-order valence-electron chi connectivity index (χ1n) is 6.22. The molecule has 4 bridgehead atoms. The number of hydrogen-bond acceptors (Lipinski definition) is 1. The number of ether oxygens (including phenoxy) is 1. The quantitative estimate of drug-likeness (QED) is 0.641. The Bertz CT molecular complexity index is 307. The molecule has 0 aliphatic heterocycles. The van der Waals surface area contributed by atoms with Crippen LogP contribution in [0.3, 0.4) is 0 Å². The van der Waals surface area contributed by atoms with Crippen molar-refractivity contribution >= 4 is 0 Å². The summed E-state index contributed by atoms with van der Waals surface area (Å²) in [6, 6.07) is 0. The summed E-state index contributed by atoms with van der Waals surface area (Å²) in [6.45, 7) is 12.6. The van der Waals surface area contributed by atoms with E-state index in [0.717, 1.165) is 36.5 Å². The fourth-order valence-corrected chi connectivity index (χ4v) is 4.74. The zero-order valence-electron chi connectivity index (χ0n) is 10.2. The van der Waals surface area contributed by atoms with Gasteiger partial charge in [-0.3, -0.25) is 0 Å². The molecule has 1 nitrogen and oxygen atoms in total. The van der Waals surface area contributed by atoms with Gasteiger partial charge in [-0.05, 0) is 48.3 Å². The predicted octanol–water partition coefficient (Wildman–Crippen LogP) is 3.26. The molecule has 4 saturated carbocycles. The average Bonchev–Trinajstić information content (AvgIpc) is 2.53. The van der Waals surface area contributed by atoms with Gasteiger partial charge in [-0.1, -0.05) is 26.0 Å². The normalized spacial score (nSPS) is 54.7. The van der Waals surface area contributed by atoms with Crippen molar-refractivity contribution in [1.82, 2.24) is 0 Å². The minimum absolute atomic E-state index is 0.470. The second-order valence-electron chi connectivity index (χ2n) is 6.53. The lowest BCUT2D eigenvalue weighted by Crippen LogP contribution is -2.32. The molecule has 0 heterocycles. The standard InChI is InChI=1S/C14H22O/c1-9(2)7-15-8-13(3)10-5-11-12(6-10)14(11,13)4/h10-12H,1,5-8H2,2-4H3/t10?,11-,12-,13-,14?/m1/s1. The van der Waals surface area contributed by atoms with Gasteiger partial charge in [0, 0.05) is 0 Å². The van der Waals surface area contributed by atoms with Gasteiger partial charge in [0.15, 0.2) is 0 Å². The molecule has 4 aliphatic rings. The third kappa shape index (κ3) is 0.982. The molecule has 0 N–H and O–H groups in total. The van der Waals surface area contributed by atoms with Crippen LogP contribution in [0.1, 0.15) is 33.6 Å². The van der Waals surface area contributed by atoms with Crippen LogP contribution in [0.2, 0.25) is 0 Å². The molecule has 0 aromatic carbocycles. The molecule has 0 unspecified atom stereocenters. The molecule has 0 aromatic heterocycles. The van der Waals surface area contributed by atoms with Crippen LogP contribution in [0, 0.1) is 28.6 Å². The van der Waals surface area contributed by atoms with Gasteiger partial charge in [-0.15, -0.1) is 0 Å². The van der Waals surface area contributed by atoms with Gasteiger partial charge in [0.25, 0.3) is 0 Å². The summed E-state index contributed by atoms with van der Waals surface area (Å²) in [5.74, 6) is 3.03. The van der Waals surface area contributed by atoms with Crippen LogP contribution < -0.4 is 0 Å². The Morgan fingerprint density at radius 1 is 1.33 bits per heavy atom. The SMILES string of the molecule is C=C(C)COC[C@]1(C)C2C[C@@H]3[C@@H](C2)C31C. The van der Waals surface area contributed by atoms with Crippen molar-refractivity contribution in [2.45, 2.75) is 33.6 Å². The van der Waals surface area contributed by atoms with E-state index in [-0.39, 0.29) is 0 Å². The van der Waals surface area contributed by atoms with Gasteiger partial charge in [0.05, 0.1) is 13.2 Å². The minimum Gasteiger partial charge on any atom is -0.377 e. The van der Waals surface area contributed by atoms with Gasteiger partial charge in [-0.2, -0.15) is 0 Å². The third-order valence-corrected chi connectivity index (χ3v) is 5.88. The van der Waals surface area contributed by atoms with Crippen LogP contribution in [0.5, 0.6) is 0 Å². The van der Waals surface area contributed by atoms with E-state index in [2.05, 4.69) is 20.4 Å². The van der Waals surface area contributed by atoms with Gasteiger partial charge in [0.1, 0.15) is 0 Å². The maximum absolute atomic E-state index is 5.84. The molecule has 0 radical (unpaired) electrons. The maximum Gasteiger partial charge on any atom is 0.0671 e. The first-order valence-corrected chi connectivity index (χ1v) is 6.22. The minimum atomic E-state index is 0.470. The Morgan fingerprint density at radius 3 is 2.33 bits per heavy atom. The van der Waals surface area contributed by atoms with Gasteiger partial charge >= 0.3 is 0 Å². The van der Waals surface area contributed by atoms with Crippen LogP contribution in [0.15, 0.2) is 12.2 Å². The predicted molar refractivity (Wildman–Crippen MR) is 61.6 cm³/mol. The Balaban J connectivity index is 1.68. The smallest absolute Gasteiger partial charge is 0.0671 e. The molecule has 4 aliphatic carbocycles. The lowest BCUT2D eigenvalue weighted by atomic mass is 9.75. The molecule has 0 amide bonds. The fourth-order valence-electron chi connectivity index (χ4n) is 4.74. The summed E-state index contributed by atoms with van der Waals surface area (Å²) in [4.78, 5) is 0. The van der Waals surface area contributed by atoms with Crippen LogP contribution in [0.25, 0.3) is 0 Å². The number of rotatable bonds is 4. The average molecular weight is 206 g/mol.